The van der Waals surface area contributed by atoms with Gasteiger partial charge < -0.3 is 16.0 Å². The van der Waals surface area contributed by atoms with Crippen LogP contribution in [0.4, 0.5) is 5.13 Å². The molecule has 0 saturated carbocycles. The first kappa shape index (κ1) is 18.4. The van der Waals surface area contributed by atoms with Crippen molar-refractivity contribution >= 4 is 46.0 Å². The lowest BCUT2D eigenvalue weighted by molar-refractivity contribution is -0.125. The summed E-state index contributed by atoms with van der Waals surface area (Å²) < 4.78 is 0. The van der Waals surface area contributed by atoms with E-state index in [2.05, 4.69) is 32.8 Å². The minimum Gasteiger partial charge on any atom is -0.353 e. The summed E-state index contributed by atoms with van der Waals surface area (Å²) in [5.74, 6) is -0.329. The van der Waals surface area contributed by atoms with Gasteiger partial charge in [0.2, 0.25) is 17.7 Å². The minimum atomic E-state index is -0.412. The lowest BCUT2D eigenvalue weighted by Gasteiger charge is -2.30. The van der Waals surface area contributed by atoms with Crippen molar-refractivity contribution in [2.45, 2.75) is 24.4 Å². The van der Waals surface area contributed by atoms with Crippen LogP contribution in [0.25, 0.3) is 0 Å². The number of amides is 3. The van der Waals surface area contributed by atoms with Gasteiger partial charge in [-0.15, -0.1) is 29.7 Å². The molecule has 2 rings (SSSR count). The maximum Gasteiger partial charge on any atom is 0.236 e. The van der Waals surface area contributed by atoms with Crippen LogP contribution in [0, 0.1) is 0 Å². The Hall–Kier alpha value is -1.91. The molecule has 8 nitrogen and oxygen atoms in total. The summed E-state index contributed by atoms with van der Waals surface area (Å²) in [7, 11) is 0. The Balaban J connectivity index is 1.75. The zero-order chi connectivity index (χ0) is 17.4. The third-order valence-electron chi connectivity index (χ3n) is 3.05. The van der Waals surface area contributed by atoms with Gasteiger partial charge in [0.1, 0.15) is 5.50 Å². The molecule has 0 spiro atoms. The largest absolute Gasteiger partial charge is 0.353 e. The second kappa shape index (κ2) is 9.40. The molecule has 0 aliphatic carbocycles. The molecule has 1 fully saturated rings. The van der Waals surface area contributed by atoms with E-state index in [4.69, 9.17) is 0 Å². The van der Waals surface area contributed by atoms with Crippen LogP contribution in [0.1, 0.15) is 12.8 Å². The highest BCUT2D eigenvalue weighted by Gasteiger charge is 2.27. The van der Waals surface area contributed by atoms with E-state index in [1.165, 1.54) is 23.1 Å². The van der Waals surface area contributed by atoms with Crippen molar-refractivity contribution < 1.29 is 14.4 Å². The number of nitrogens with zero attached hydrogens (tertiary/aromatic N) is 1. The molecule has 2 atom stereocenters. The van der Waals surface area contributed by atoms with Gasteiger partial charge in [-0.3, -0.25) is 19.7 Å². The molecule has 2 unspecified atom stereocenters. The number of thioether (sulfide) groups is 1. The maximum absolute atomic E-state index is 11.8. The predicted octanol–water partition coefficient (Wildman–Crippen LogP) is 0.269. The van der Waals surface area contributed by atoms with Crippen LogP contribution in [-0.2, 0) is 14.4 Å². The second-order valence-electron chi connectivity index (χ2n) is 5.01. The Bertz CT molecular complexity index is 593. The molecule has 0 bridgehead atoms. The Morgan fingerprint density at radius 1 is 1.50 bits per heavy atom. The second-order valence-corrected chi connectivity index (χ2v) is 7.00. The van der Waals surface area contributed by atoms with Gasteiger partial charge in [0.25, 0.3) is 0 Å². The van der Waals surface area contributed by atoms with E-state index in [1.807, 2.05) is 0 Å². The van der Waals surface area contributed by atoms with Crippen LogP contribution < -0.4 is 21.3 Å². The SMILES string of the molecule is C=CCNC(=O)CC1CC(=O)NC(SCC(=O)Nc2nccs2)N1. The lowest BCUT2D eigenvalue weighted by atomic mass is 10.1. The van der Waals surface area contributed by atoms with Gasteiger partial charge in [-0.05, 0) is 0 Å². The lowest BCUT2D eigenvalue weighted by Crippen LogP contribution is -2.56. The van der Waals surface area contributed by atoms with E-state index in [0.717, 1.165) is 0 Å². The molecule has 10 heteroatoms. The van der Waals surface area contributed by atoms with Crippen molar-refractivity contribution in [3.63, 3.8) is 0 Å². The highest BCUT2D eigenvalue weighted by Crippen LogP contribution is 2.15. The number of carbonyl (C=O) groups is 3. The topological polar surface area (TPSA) is 112 Å². The highest BCUT2D eigenvalue weighted by molar-refractivity contribution is 8.00. The smallest absolute Gasteiger partial charge is 0.236 e. The molecule has 24 heavy (non-hydrogen) atoms. The van der Waals surface area contributed by atoms with Gasteiger partial charge in [0.05, 0.1) is 5.75 Å². The van der Waals surface area contributed by atoms with Crippen LogP contribution in [0.2, 0.25) is 0 Å². The average molecular weight is 369 g/mol. The number of carbonyl (C=O) groups excluding carboxylic acids is 3. The van der Waals surface area contributed by atoms with E-state index in [1.54, 1.807) is 17.7 Å². The molecule has 0 aromatic carbocycles. The fraction of sp³-hybridized carbons (Fsp3) is 0.429. The van der Waals surface area contributed by atoms with Crippen molar-refractivity contribution in [1.29, 1.82) is 0 Å². The van der Waals surface area contributed by atoms with Crippen LogP contribution in [0.3, 0.4) is 0 Å². The monoisotopic (exact) mass is 369 g/mol. The number of thiazole rings is 1. The summed E-state index contributed by atoms with van der Waals surface area (Å²) in [6.07, 6.45) is 3.63. The first-order chi connectivity index (χ1) is 11.6. The standard InChI is InChI=1S/C14H19N5O3S2/c1-2-3-15-10(20)6-9-7-11(21)18-14(17-9)24-8-12(22)19-13-16-4-5-23-13/h2,4-5,9,14,17H,1,3,6-8H2,(H,15,20)(H,18,21)(H,16,19,22). The Kier molecular flexibility index (Phi) is 7.22. The van der Waals surface area contributed by atoms with Gasteiger partial charge in [-0.2, -0.15) is 0 Å². The highest BCUT2D eigenvalue weighted by atomic mass is 32.2. The first-order valence-electron chi connectivity index (χ1n) is 7.30. The molecule has 0 radical (unpaired) electrons. The average Bonchev–Trinajstić information content (AvgIpc) is 3.03. The third-order valence-corrected chi connectivity index (χ3v) is 4.75. The molecule has 1 aliphatic heterocycles. The molecule has 3 amide bonds. The van der Waals surface area contributed by atoms with E-state index < -0.39 is 5.50 Å². The number of hydrogen-bond acceptors (Lipinski definition) is 7. The fourth-order valence-corrected chi connectivity index (χ4v) is 3.48. The van der Waals surface area contributed by atoms with Crippen LogP contribution in [0.5, 0.6) is 0 Å². The normalized spacial score (nSPS) is 20.1. The fourth-order valence-electron chi connectivity index (χ4n) is 2.05. The van der Waals surface area contributed by atoms with Gasteiger partial charge in [0.15, 0.2) is 5.13 Å². The molecule has 130 valence electrons. The van der Waals surface area contributed by atoms with Gasteiger partial charge in [-0.1, -0.05) is 6.08 Å². The summed E-state index contributed by atoms with van der Waals surface area (Å²) in [5.41, 5.74) is -0.412. The number of anilines is 1. The van der Waals surface area contributed by atoms with Crippen molar-refractivity contribution in [2.75, 3.05) is 17.6 Å². The maximum atomic E-state index is 11.8. The van der Waals surface area contributed by atoms with E-state index in [9.17, 15) is 14.4 Å². The van der Waals surface area contributed by atoms with Crippen molar-refractivity contribution in [2.24, 2.45) is 0 Å². The summed E-state index contributed by atoms with van der Waals surface area (Å²) in [6.45, 7) is 3.93. The third kappa shape index (κ3) is 6.30. The molecule has 4 N–H and O–H groups in total. The van der Waals surface area contributed by atoms with Gasteiger partial charge in [-0.25, -0.2) is 4.98 Å². The number of aromatic nitrogens is 1. The first-order valence-corrected chi connectivity index (χ1v) is 9.23. The quantitative estimate of drug-likeness (QED) is 0.489. The van der Waals surface area contributed by atoms with Crippen LogP contribution in [-0.4, -0.2) is 46.5 Å². The van der Waals surface area contributed by atoms with Crippen molar-refractivity contribution in [3.8, 4) is 0 Å². The van der Waals surface area contributed by atoms with E-state index in [-0.39, 0.29) is 42.4 Å². The number of hydrogen-bond donors (Lipinski definition) is 4. The number of nitrogens with one attached hydrogen (secondary N) is 4. The summed E-state index contributed by atoms with van der Waals surface area (Å²) in [6, 6.07) is -0.261. The van der Waals surface area contributed by atoms with Crippen molar-refractivity contribution in [3.05, 3.63) is 24.2 Å². The Morgan fingerprint density at radius 2 is 2.33 bits per heavy atom. The number of rotatable bonds is 8. The van der Waals surface area contributed by atoms with Crippen molar-refractivity contribution in [1.82, 2.24) is 20.9 Å². The van der Waals surface area contributed by atoms with Gasteiger partial charge >= 0.3 is 0 Å². The molecule has 1 aliphatic rings. The minimum absolute atomic E-state index is 0.145. The molecule has 2 heterocycles. The molecular formula is C14H19N5O3S2. The predicted molar refractivity (Wildman–Crippen MR) is 94.5 cm³/mol. The van der Waals surface area contributed by atoms with Crippen LogP contribution in [0.15, 0.2) is 24.2 Å². The van der Waals surface area contributed by atoms with Crippen LogP contribution >= 0.6 is 23.1 Å². The molecule has 1 aromatic rings. The van der Waals surface area contributed by atoms with Gasteiger partial charge in [0, 0.05) is 37.0 Å². The zero-order valence-corrected chi connectivity index (χ0v) is 14.5. The zero-order valence-electron chi connectivity index (χ0n) is 12.9. The Morgan fingerprint density at radius 3 is 3.04 bits per heavy atom. The summed E-state index contributed by atoms with van der Waals surface area (Å²) in [5, 5.41) is 13.6. The Labute approximate surface area is 147 Å². The molecular weight excluding hydrogens is 350 g/mol. The molecule has 1 aromatic heterocycles. The summed E-state index contributed by atoms with van der Waals surface area (Å²) >= 11 is 2.59. The molecule has 1 saturated heterocycles. The van der Waals surface area contributed by atoms with E-state index >= 15 is 0 Å². The van der Waals surface area contributed by atoms with E-state index in [0.29, 0.717) is 11.7 Å². The summed E-state index contributed by atoms with van der Waals surface area (Å²) in [4.78, 5) is 39.3.